The number of anilines is 1. The molecule has 0 unspecified atom stereocenters. The normalized spacial score (nSPS) is 11.1. The largest absolute Gasteiger partial charge is 0.497 e. The number of aliphatic hydroxyl groups is 2. The summed E-state index contributed by atoms with van der Waals surface area (Å²) in [6.07, 6.45) is 1.64. The van der Waals surface area contributed by atoms with Crippen LogP contribution < -0.4 is 10.1 Å². The van der Waals surface area contributed by atoms with Crippen LogP contribution in [0.1, 0.15) is 0 Å². The monoisotopic (exact) mass is 342 g/mol. The van der Waals surface area contributed by atoms with Crippen molar-refractivity contribution < 1.29 is 19.3 Å². The highest BCUT2D eigenvalue weighted by Gasteiger charge is 2.14. The zero-order valence-corrected chi connectivity index (χ0v) is 13.7. The summed E-state index contributed by atoms with van der Waals surface area (Å²) in [4.78, 5) is 4.41. The molecule has 0 radical (unpaired) electrons. The average molecular weight is 342 g/mol. The van der Waals surface area contributed by atoms with Gasteiger partial charge in [-0.3, -0.25) is 0 Å². The van der Waals surface area contributed by atoms with E-state index in [-0.39, 0.29) is 19.0 Å². The second-order valence-corrected chi connectivity index (χ2v) is 5.65. The molecule has 3 rings (SSSR count). The van der Waals surface area contributed by atoms with Crippen molar-refractivity contribution in [1.29, 1.82) is 0 Å². The van der Waals surface area contributed by atoms with E-state index in [0.717, 1.165) is 16.3 Å². The minimum atomic E-state index is -0.516. The molecule has 2 aromatic carbocycles. The first kappa shape index (κ1) is 17.1. The van der Waals surface area contributed by atoms with Crippen LogP contribution in [0.15, 0.2) is 48.7 Å². The van der Waals surface area contributed by atoms with Crippen LogP contribution >= 0.6 is 0 Å². The van der Waals surface area contributed by atoms with E-state index in [4.69, 9.17) is 4.74 Å². The predicted molar refractivity (Wildman–Crippen MR) is 95.3 cm³/mol. The second-order valence-electron chi connectivity index (χ2n) is 5.65. The minimum absolute atomic E-state index is 0.221. The molecule has 5 nitrogen and oxygen atoms in total. The Morgan fingerprint density at radius 2 is 1.92 bits per heavy atom. The number of benzene rings is 2. The number of nitrogens with one attached hydrogen (secondary N) is 1. The third kappa shape index (κ3) is 3.55. The van der Waals surface area contributed by atoms with Crippen molar-refractivity contribution >= 4 is 16.6 Å². The maximum Gasteiger partial charge on any atom is 0.134 e. The van der Waals surface area contributed by atoms with Gasteiger partial charge in [0, 0.05) is 17.1 Å². The number of rotatable bonds is 6. The van der Waals surface area contributed by atoms with E-state index in [0.29, 0.717) is 17.1 Å². The molecule has 25 heavy (non-hydrogen) atoms. The first-order chi connectivity index (χ1) is 12.2. The molecule has 0 spiro atoms. The lowest BCUT2D eigenvalue weighted by Gasteiger charge is -2.17. The van der Waals surface area contributed by atoms with E-state index >= 15 is 0 Å². The average Bonchev–Trinajstić information content (AvgIpc) is 2.65. The van der Waals surface area contributed by atoms with Gasteiger partial charge in [0.2, 0.25) is 0 Å². The molecule has 0 saturated heterocycles. The van der Waals surface area contributed by atoms with Crippen molar-refractivity contribution in [2.75, 3.05) is 25.6 Å². The Morgan fingerprint density at radius 3 is 2.60 bits per heavy atom. The van der Waals surface area contributed by atoms with Crippen LogP contribution in [0.4, 0.5) is 10.2 Å². The lowest BCUT2D eigenvalue weighted by molar-refractivity contribution is 0.203. The molecule has 3 N–H and O–H groups in total. The van der Waals surface area contributed by atoms with Gasteiger partial charge in [0.15, 0.2) is 0 Å². The van der Waals surface area contributed by atoms with Crippen molar-refractivity contribution in [3.05, 3.63) is 54.5 Å². The van der Waals surface area contributed by atoms with Gasteiger partial charge in [0.1, 0.15) is 17.4 Å². The van der Waals surface area contributed by atoms with E-state index in [1.54, 1.807) is 25.4 Å². The summed E-state index contributed by atoms with van der Waals surface area (Å²) >= 11 is 0. The zero-order valence-electron chi connectivity index (χ0n) is 13.7. The van der Waals surface area contributed by atoms with Crippen LogP contribution in [0.5, 0.6) is 5.75 Å². The first-order valence-electron chi connectivity index (χ1n) is 7.87. The number of hydrogen-bond donors (Lipinski definition) is 3. The number of fused-ring (bicyclic) bond motifs is 1. The SMILES string of the molecule is COc1ccc2c(NC(CO)CO)ncc(-c3cccc(F)c3)c2c1. The number of pyridine rings is 1. The Kier molecular flexibility index (Phi) is 5.11. The van der Waals surface area contributed by atoms with Gasteiger partial charge in [-0.05, 0) is 41.3 Å². The van der Waals surface area contributed by atoms with Crippen molar-refractivity contribution in [3.63, 3.8) is 0 Å². The molecule has 1 aromatic heterocycles. The Balaban J connectivity index is 2.18. The summed E-state index contributed by atoms with van der Waals surface area (Å²) < 4.78 is 18.9. The van der Waals surface area contributed by atoms with Gasteiger partial charge < -0.3 is 20.3 Å². The highest BCUT2D eigenvalue weighted by Crippen LogP contribution is 2.34. The number of aliphatic hydroxyl groups excluding tert-OH is 2. The van der Waals surface area contributed by atoms with Crippen molar-refractivity contribution in [1.82, 2.24) is 4.98 Å². The highest BCUT2D eigenvalue weighted by molar-refractivity contribution is 6.02. The number of halogens is 1. The molecule has 0 aliphatic heterocycles. The Labute approximate surface area is 144 Å². The number of hydrogen-bond acceptors (Lipinski definition) is 5. The third-order valence-corrected chi connectivity index (χ3v) is 4.01. The smallest absolute Gasteiger partial charge is 0.134 e. The second kappa shape index (κ2) is 7.46. The standard InChI is InChI=1S/C19H19FN2O3/c1-25-15-5-6-16-17(8-15)18(12-3-2-4-13(20)7-12)9-21-19(16)22-14(10-23)11-24/h2-9,14,23-24H,10-11H2,1H3,(H,21,22). The lowest BCUT2D eigenvalue weighted by Crippen LogP contribution is -2.28. The van der Waals surface area contributed by atoms with E-state index in [1.165, 1.54) is 12.1 Å². The Bertz CT molecular complexity index is 882. The van der Waals surface area contributed by atoms with Gasteiger partial charge >= 0.3 is 0 Å². The van der Waals surface area contributed by atoms with Crippen LogP contribution in [0, 0.1) is 5.82 Å². The molecule has 3 aromatic rings. The fraction of sp³-hybridized carbons (Fsp3) is 0.211. The van der Waals surface area contributed by atoms with E-state index in [1.807, 2.05) is 18.2 Å². The zero-order chi connectivity index (χ0) is 17.8. The Hall–Kier alpha value is -2.70. The highest BCUT2D eigenvalue weighted by atomic mass is 19.1. The minimum Gasteiger partial charge on any atom is -0.497 e. The molecule has 0 aliphatic carbocycles. The number of ether oxygens (including phenoxy) is 1. The maximum absolute atomic E-state index is 13.6. The molecule has 130 valence electrons. The fourth-order valence-corrected chi connectivity index (χ4v) is 2.69. The predicted octanol–water partition coefficient (Wildman–Crippen LogP) is 2.81. The van der Waals surface area contributed by atoms with Gasteiger partial charge in [-0.1, -0.05) is 12.1 Å². The molecule has 1 heterocycles. The molecule has 0 amide bonds. The number of nitrogens with zero attached hydrogens (tertiary/aromatic N) is 1. The van der Waals surface area contributed by atoms with Gasteiger partial charge in [-0.15, -0.1) is 0 Å². The van der Waals surface area contributed by atoms with Crippen LogP contribution in [-0.4, -0.2) is 41.6 Å². The van der Waals surface area contributed by atoms with Crippen molar-refractivity contribution in [2.24, 2.45) is 0 Å². The molecular formula is C19H19FN2O3. The van der Waals surface area contributed by atoms with Gasteiger partial charge in [0.25, 0.3) is 0 Å². The summed E-state index contributed by atoms with van der Waals surface area (Å²) in [6.45, 7) is -0.442. The maximum atomic E-state index is 13.6. The quantitative estimate of drug-likeness (QED) is 0.642. The van der Waals surface area contributed by atoms with Crippen molar-refractivity contribution in [2.45, 2.75) is 6.04 Å². The first-order valence-corrected chi connectivity index (χ1v) is 7.87. The van der Waals surface area contributed by atoms with Crippen LogP contribution in [0.25, 0.3) is 21.9 Å². The molecule has 0 fully saturated rings. The molecule has 0 aliphatic rings. The Morgan fingerprint density at radius 1 is 1.12 bits per heavy atom. The van der Waals surface area contributed by atoms with Crippen LogP contribution in [0.2, 0.25) is 0 Å². The lowest BCUT2D eigenvalue weighted by atomic mass is 10.00. The van der Waals surface area contributed by atoms with Crippen LogP contribution in [-0.2, 0) is 0 Å². The molecule has 0 saturated carbocycles. The molecule has 0 bridgehead atoms. The van der Waals surface area contributed by atoms with Crippen molar-refractivity contribution in [3.8, 4) is 16.9 Å². The molecule has 6 heteroatoms. The van der Waals surface area contributed by atoms with E-state index < -0.39 is 6.04 Å². The topological polar surface area (TPSA) is 74.6 Å². The van der Waals surface area contributed by atoms with E-state index in [2.05, 4.69) is 10.3 Å². The van der Waals surface area contributed by atoms with Gasteiger partial charge in [-0.2, -0.15) is 0 Å². The fourth-order valence-electron chi connectivity index (χ4n) is 2.69. The summed E-state index contributed by atoms with van der Waals surface area (Å²) in [5.74, 6) is 0.880. The number of methoxy groups -OCH3 is 1. The van der Waals surface area contributed by atoms with Crippen LogP contribution in [0.3, 0.4) is 0 Å². The van der Waals surface area contributed by atoms with Gasteiger partial charge in [0.05, 0.1) is 26.4 Å². The molecular weight excluding hydrogens is 323 g/mol. The molecule has 0 atom stereocenters. The van der Waals surface area contributed by atoms with E-state index in [9.17, 15) is 14.6 Å². The third-order valence-electron chi connectivity index (χ3n) is 4.01. The summed E-state index contributed by atoms with van der Waals surface area (Å²) in [7, 11) is 1.58. The summed E-state index contributed by atoms with van der Waals surface area (Å²) in [5.41, 5.74) is 1.47. The summed E-state index contributed by atoms with van der Waals surface area (Å²) in [6, 6.07) is 11.3. The summed E-state index contributed by atoms with van der Waals surface area (Å²) in [5, 5.41) is 23.2. The number of aromatic nitrogens is 1. The van der Waals surface area contributed by atoms with Gasteiger partial charge in [-0.25, -0.2) is 9.37 Å².